The fourth-order valence-electron chi connectivity index (χ4n) is 2.39. The van der Waals surface area contributed by atoms with Crippen LogP contribution in [0.5, 0.6) is 0 Å². The molecule has 19 heavy (non-hydrogen) atoms. The number of nitrogens with zero attached hydrogens (tertiary/aromatic N) is 1. The molecule has 0 bridgehead atoms. The summed E-state index contributed by atoms with van der Waals surface area (Å²) in [4.78, 5) is 14.0. The van der Waals surface area contributed by atoms with E-state index in [4.69, 9.17) is 4.74 Å². The second kappa shape index (κ2) is 6.68. The van der Waals surface area contributed by atoms with E-state index in [1.54, 1.807) is 7.11 Å². The van der Waals surface area contributed by atoms with Gasteiger partial charge in [0.25, 0.3) is 0 Å². The lowest BCUT2D eigenvalue weighted by atomic mass is 10.1. The first-order valence-electron chi connectivity index (χ1n) is 6.76. The van der Waals surface area contributed by atoms with Crippen LogP contribution in [0.1, 0.15) is 12.0 Å². The molecule has 104 valence electrons. The van der Waals surface area contributed by atoms with Crippen LogP contribution in [-0.2, 0) is 16.0 Å². The molecular weight excluding hydrogens is 240 g/mol. The first kappa shape index (κ1) is 14.0. The quantitative estimate of drug-likeness (QED) is 0.863. The minimum absolute atomic E-state index is 0.0919. The van der Waals surface area contributed by atoms with Crippen molar-refractivity contribution in [3.63, 3.8) is 0 Å². The number of carbonyl (C=O) groups excluding carboxylic acids is 1. The number of amides is 1. The molecule has 4 heteroatoms. The van der Waals surface area contributed by atoms with Crippen molar-refractivity contribution in [3.8, 4) is 0 Å². The third kappa shape index (κ3) is 3.78. The van der Waals surface area contributed by atoms with Gasteiger partial charge in [-0.3, -0.25) is 4.79 Å². The highest BCUT2D eigenvalue weighted by atomic mass is 16.5. The van der Waals surface area contributed by atoms with Crippen LogP contribution in [0.3, 0.4) is 0 Å². The molecule has 2 atom stereocenters. The van der Waals surface area contributed by atoms with Crippen LogP contribution >= 0.6 is 0 Å². The highest BCUT2D eigenvalue weighted by Crippen LogP contribution is 2.12. The molecule has 4 nitrogen and oxygen atoms in total. The third-order valence-corrected chi connectivity index (χ3v) is 3.68. The minimum Gasteiger partial charge on any atom is -0.380 e. The van der Waals surface area contributed by atoms with Crippen molar-refractivity contribution in [3.05, 3.63) is 35.9 Å². The van der Waals surface area contributed by atoms with Crippen molar-refractivity contribution in [2.75, 3.05) is 27.2 Å². The van der Waals surface area contributed by atoms with Gasteiger partial charge in [0.15, 0.2) is 0 Å². The van der Waals surface area contributed by atoms with Gasteiger partial charge in [0.05, 0.1) is 12.1 Å². The van der Waals surface area contributed by atoms with E-state index < -0.39 is 0 Å². The van der Waals surface area contributed by atoms with Gasteiger partial charge in [-0.1, -0.05) is 30.3 Å². The Hall–Kier alpha value is -1.39. The van der Waals surface area contributed by atoms with E-state index >= 15 is 0 Å². The highest BCUT2D eigenvalue weighted by Gasteiger charge is 2.30. The molecule has 2 unspecified atom stereocenters. The number of ether oxygens (including phenoxy) is 1. The zero-order valence-electron chi connectivity index (χ0n) is 11.6. The average Bonchev–Trinajstić information content (AvgIpc) is 2.94. The van der Waals surface area contributed by atoms with E-state index in [-0.39, 0.29) is 18.1 Å². The fourth-order valence-corrected chi connectivity index (χ4v) is 2.39. The zero-order chi connectivity index (χ0) is 13.7. The zero-order valence-corrected chi connectivity index (χ0v) is 11.6. The predicted octanol–water partition coefficient (Wildman–Crippen LogP) is 1.06. The number of hydrogen-bond acceptors (Lipinski definition) is 3. The van der Waals surface area contributed by atoms with E-state index in [0.717, 1.165) is 25.9 Å². The van der Waals surface area contributed by atoms with Gasteiger partial charge < -0.3 is 15.0 Å². The Labute approximate surface area is 114 Å². The molecule has 1 aromatic carbocycles. The third-order valence-electron chi connectivity index (χ3n) is 3.68. The number of rotatable bonds is 5. The maximum atomic E-state index is 12.2. The fraction of sp³-hybridized carbons (Fsp3) is 0.533. The minimum atomic E-state index is -0.0919. The lowest BCUT2D eigenvalue weighted by Gasteiger charge is -2.21. The van der Waals surface area contributed by atoms with Crippen LogP contribution in [0, 0.1) is 0 Å². The standard InChI is InChI=1S/C15H22N2O2/c1-17(9-8-12-6-4-3-5-7-12)15(18)14-10-13(19-2)11-16-14/h3-7,13-14,16H,8-11H2,1-2H3. The molecule has 1 aliphatic rings. The Morgan fingerprint density at radius 1 is 1.42 bits per heavy atom. The molecule has 0 aromatic heterocycles. The first-order chi connectivity index (χ1) is 9.20. The summed E-state index contributed by atoms with van der Waals surface area (Å²) in [6, 6.07) is 10.1. The maximum absolute atomic E-state index is 12.2. The van der Waals surface area contributed by atoms with Gasteiger partial charge >= 0.3 is 0 Å². The number of benzene rings is 1. The summed E-state index contributed by atoms with van der Waals surface area (Å²) in [5, 5.41) is 3.22. The molecule has 1 saturated heterocycles. The molecule has 0 saturated carbocycles. The summed E-state index contributed by atoms with van der Waals surface area (Å²) in [5.74, 6) is 0.162. The van der Waals surface area contributed by atoms with Gasteiger partial charge in [0, 0.05) is 27.2 Å². The number of carbonyl (C=O) groups is 1. The highest BCUT2D eigenvalue weighted by molar-refractivity contribution is 5.82. The van der Waals surface area contributed by atoms with Crippen LogP contribution in [0.4, 0.5) is 0 Å². The van der Waals surface area contributed by atoms with Crippen LogP contribution in [-0.4, -0.2) is 50.2 Å². The summed E-state index contributed by atoms with van der Waals surface area (Å²) in [6.45, 7) is 1.51. The lowest BCUT2D eigenvalue weighted by Crippen LogP contribution is -2.42. The smallest absolute Gasteiger partial charge is 0.239 e. The Kier molecular flexibility index (Phi) is 4.93. The summed E-state index contributed by atoms with van der Waals surface area (Å²) >= 11 is 0. The topological polar surface area (TPSA) is 41.6 Å². The van der Waals surface area contributed by atoms with Gasteiger partial charge in [-0.05, 0) is 18.4 Å². The van der Waals surface area contributed by atoms with Crippen LogP contribution < -0.4 is 5.32 Å². The SMILES string of the molecule is COC1CNC(C(=O)N(C)CCc2ccccc2)C1. The predicted molar refractivity (Wildman–Crippen MR) is 75.0 cm³/mol. The molecular formula is C15H22N2O2. The van der Waals surface area contributed by atoms with Gasteiger partial charge in [-0.25, -0.2) is 0 Å². The summed E-state index contributed by atoms with van der Waals surface area (Å²) in [7, 11) is 3.56. The van der Waals surface area contributed by atoms with E-state index in [1.165, 1.54) is 5.56 Å². The number of likely N-dealkylation sites (N-methyl/N-ethyl adjacent to an activating group) is 1. The largest absolute Gasteiger partial charge is 0.380 e. The molecule has 1 aromatic rings. The lowest BCUT2D eigenvalue weighted by molar-refractivity contribution is -0.131. The summed E-state index contributed by atoms with van der Waals surface area (Å²) in [6.07, 6.45) is 1.82. The van der Waals surface area contributed by atoms with Gasteiger partial charge in [0.2, 0.25) is 5.91 Å². The second-order valence-electron chi connectivity index (χ2n) is 5.05. The molecule has 1 amide bonds. The van der Waals surface area contributed by atoms with Gasteiger partial charge in [-0.15, -0.1) is 0 Å². The van der Waals surface area contributed by atoms with Crippen molar-refractivity contribution in [1.29, 1.82) is 0 Å². The van der Waals surface area contributed by atoms with Crippen molar-refractivity contribution >= 4 is 5.91 Å². The Morgan fingerprint density at radius 2 is 2.16 bits per heavy atom. The number of methoxy groups -OCH3 is 1. The van der Waals surface area contributed by atoms with E-state index in [9.17, 15) is 4.79 Å². The molecule has 2 rings (SSSR count). The summed E-state index contributed by atoms with van der Waals surface area (Å²) in [5.41, 5.74) is 1.26. The monoisotopic (exact) mass is 262 g/mol. The Morgan fingerprint density at radius 3 is 2.79 bits per heavy atom. The van der Waals surface area contributed by atoms with Crippen LogP contribution in [0.25, 0.3) is 0 Å². The van der Waals surface area contributed by atoms with E-state index in [0.29, 0.717) is 0 Å². The maximum Gasteiger partial charge on any atom is 0.239 e. The van der Waals surface area contributed by atoms with E-state index in [1.807, 2.05) is 30.1 Å². The second-order valence-corrected chi connectivity index (χ2v) is 5.05. The Bertz CT molecular complexity index is 408. The number of hydrogen-bond donors (Lipinski definition) is 1. The van der Waals surface area contributed by atoms with Gasteiger partial charge in [0.1, 0.15) is 0 Å². The van der Waals surface area contributed by atoms with Crippen LogP contribution in [0.15, 0.2) is 30.3 Å². The molecule has 1 heterocycles. The van der Waals surface area contributed by atoms with Gasteiger partial charge in [-0.2, -0.15) is 0 Å². The van der Waals surface area contributed by atoms with Crippen molar-refractivity contribution < 1.29 is 9.53 Å². The normalized spacial score (nSPS) is 22.4. The van der Waals surface area contributed by atoms with E-state index in [2.05, 4.69) is 17.4 Å². The molecule has 0 radical (unpaired) electrons. The molecule has 0 aliphatic carbocycles. The first-order valence-corrected chi connectivity index (χ1v) is 6.76. The molecule has 1 aliphatic heterocycles. The van der Waals surface area contributed by atoms with Crippen molar-refractivity contribution in [2.45, 2.75) is 25.0 Å². The van der Waals surface area contributed by atoms with Crippen molar-refractivity contribution in [1.82, 2.24) is 10.2 Å². The van der Waals surface area contributed by atoms with Crippen LogP contribution in [0.2, 0.25) is 0 Å². The summed E-state index contributed by atoms with van der Waals surface area (Å²) < 4.78 is 5.27. The van der Waals surface area contributed by atoms with Crippen molar-refractivity contribution in [2.24, 2.45) is 0 Å². The molecule has 1 N–H and O–H groups in total. The molecule has 0 spiro atoms. The molecule has 1 fully saturated rings. The Balaban J connectivity index is 1.80. The average molecular weight is 262 g/mol. The number of nitrogens with one attached hydrogen (secondary N) is 1.